The van der Waals surface area contributed by atoms with Gasteiger partial charge in [0.15, 0.2) is 0 Å². The zero-order chi connectivity index (χ0) is 15.4. The van der Waals surface area contributed by atoms with Crippen LogP contribution < -0.4 is 10.6 Å². The maximum atomic E-state index is 12.8. The molecule has 114 valence electrons. The van der Waals surface area contributed by atoms with Crippen molar-refractivity contribution in [3.63, 3.8) is 0 Å². The first-order chi connectivity index (χ1) is 10.7. The van der Waals surface area contributed by atoms with E-state index in [4.69, 9.17) is 0 Å². The largest absolute Gasteiger partial charge is 0.316 e. The van der Waals surface area contributed by atoms with Crippen LogP contribution in [0.25, 0.3) is 0 Å². The molecule has 1 amide bonds. The van der Waals surface area contributed by atoms with Crippen LogP contribution in [0.15, 0.2) is 30.7 Å². The third kappa shape index (κ3) is 3.43. The molecule has 2 aromatic heterocycles. The van der Waals surface area contributed by atoms with Crippen LogP contribution in [0.1, 0.15) is 34.9 Å². The minimum absolute atomic E-state index is 0.207. The van der Waals surface area contributed by atoms with Crippen molar-refractivity contribution in [1.29, 1.82) is 0 Å². The standard InChI is InChI=1S/C15H16FN5O/c16-11-3-4-14(20-7-11)21-15(22)13-9-18-12(8-19-13)10-2-1-5-17-6-10/h3-4,7-10,17H,1-2,5-6H2,(H,20,21,22)/t10-/m1/s1. The summed E-state index contributed by atoms with van der Waals surface area (Å²) in [5.41, 5.74) is 1.10. The summed E-state index contributed by atoms with van der Waals surface area (Å²) in [5.74, 6) is -0.256. The summed E-state index contributed by atoms with van der Waals surface area (Å²) in [6.07, 6.45) is 6.34. The van der Waals surface area contributed by atoms with Crippen molar-refractivity contribution in [2.24, 2.45) is 0 Å². The number of pyridine rings is 1. The minimum atomic E-state index is -0.455. The Morgan fingerprint density at radius 3 is 2.77 bits per heavy atom. The predicted octanol–water partition coefficient (Wildman–Crippen LogP) is 1.73. The average molecular weight is 301 g/mol. The number of nitrogens with zero attached hydrogens (tertiary/aromatic N) is 3. The molecule has 0 aromatic carbocycles. The number of hydrogen-bond donors (Lipinski definition) is 2. The summed E-state index contributed by atoms with van der Waals surface area (Å²) in [7, 11) is 0. The van der Waals surface area contributed by atoms with Crippen LogP contribution in [0, 0.1) is 5.82 Å². The molecule has 0 spiro atoms. The second-order valence-electron chi connectivity index (χ2n) is 5.19. The molecule has 1 saturated heterocycles. The highest BCUT2D eigenvalue weighted by atomic mass is 19.1. The fraction of sp³-hybridized carbons (Fsp3) is 0.333. The van der Waals surface area contributed by atoms with E-state index >= 15 is 0 Å². The molecule has 0 unspecified atom stereocenters. The molecule has 0 bridgehead atoms. The molecule has 3 rings (SSSR count). The van der Waals surface area contributed by atoms with E-state index in [1.165, 1.54) is 18.3 Å². The first-order valence-electron chi connectivity index (χ1n) is 7.18. The number of anilines is 1. The van der Waals surface area contributed by atoms with Gasteiger partial charge in [-0.25, -0.2) is 14.4 Å². The van der Waals surface area contributed by atoms with E-state index in [1.807, 2.05) is 0 Å². The van der Waals surface area contributed by atoms with Gasteiger partial charge in [0.05, 0.1) is 18.1 Å². The normalized spacial score (nSPS) is 18.0. The number of rotatable bonds is 3. The molecule has 1 aliphatic heterocycles. The lowest BCUT2D eigenvalue weighted by atomic mass is 9.96. The number of aromatic nitrogens is 3. The van der Waals surface area contributed by atoms with E-state index in [1.54, 1.807) is 6.20 Å². The molecule has 7 heteroatoms. The highest BCUT2D eigenvalue weighted by Gasteiger charge is 2.17. The van der Waals surface area contributed by atoms with Gasteiger partial charge in [0, 0.05) is 18.7 Å². The van der Waals surface area contributed by atoms with Crippen LogP contribution in [-0.4, -0.2) is 33.9 Å². The number of carbonyl (C=O) groups is 1. The Morgan fingerprint density at radius 2 is 2.14 bits per heavy atom. The Hall–Kier alpha value is -2.41. The zero-order valence-electron chi connectivity index (χ0n) is 11.9. The molecule has 0 radical (unpaired) electrons. The van der Waals surface area contributed by atoms with Crippen LogP contribution in [0.4, 0.5) is 10.2 Å². The van der Waals surface area contributed by atoms with Gasteiger partial charge in [-0.15, -0.1) is 0 Å². The van der Waals surface area contributed by atoms with Crippen molar-refractivity contribution in [2.75, 3.05) is 18.4 Å². The Labute approximate surface area is 127 Å². The summed E-state index contributed by atoms with van der Waals surface area (Å²) in [6, 6.07) is 2.62. The first-order valence-corrected chi connectivity index (χ1v) is 7.18. The summed E-state index contributed by atoms with van der Waals surface area (Å²) in [5, 5.41) is 5.87. The number of carbonyl (C=O) groups excluding carboxylic acids is 1. The van der Waals surface area contributed by atoms with E-state index in [0.29, 0.717) is 5.92 Å². The molecule has 0 aliphatic carbocycles. The van der Waals surface area contributed by atoms with E-state index in [0.717, 1.165) is 37.8 Å². The average Bonchev–Trinajstić information content (AvgIpc) is 2.58. The Morgan fingerprint density at radius 1 is 1.23 bits per heavy atom. The first kappa shape index (κ1) is 14.5. The van der Waals surface area contributed by atoms with Gasteiger partial charge in [-0.1, -0.05) is 0 Å². The van der Waals surface area contributed by atoms with E-state index in [9.17, 15) is 9.18 Å². The molecule has 2 N–H and O–H groups in total. The van der Waals surface area contributed by atoms with Gasteiger partial charge < -0.3 is 10.6 Å². The van der Waals surface area contributed by atoms with Gasteiger partial charge in [-0.05, 0) is 31.5 Å². The maximum Gasteiger partial charge on any atom is 0.277 e. The topological polar surface area (TPSA) is 79.8 Å². The Bertz CT molecular complexity index is 638. The SMILES string of the molecule is O=C(Nc1ccc(F)cn1)c1cnc([C@@H]2CCCNC2)cn1. The minimum Gasteiger partial charge on any atom is -0.316 e. The molecule has 2 aromatic rings. The zero-order valence-corrected chi connectivity index (χ0v) is 11.9. The van der Waals surface area contributed by atoms with Gasteiger partial charge in [0.2, 0.25) is 0 Å². The van der Waals surface area contributed by atoms with Crippen molar-refractivity contribution in [3.8, 4) is 0 Å². The summed E-state index contributed by atoms with van der Waals surface area (Å²) in [6.45, 7) is 1.93. The molecule has 1 atom stereocenters. The molecular formula is C15H16FN5O. The van der Waals surface area contributed by atoms with E-state index in [2.05, 4.69) is 25.6 Å². The van der Waals surface area contributed by atoms with Crippen LogP contribution in [0.3, 0.4) is 0 Å². The van der Waals surface area contributed by atoms with Gasteiger partial charge >= 0.3 is 0 Å². The van der Waals surface area contributed by atoms with Crippen LogP contribution in [-0.2, 0) is 0 Å². The fourth-order valence-electron chi connectivity index (χ4n) is 2.40. The van der Waals surface area contributed by atoms with Gasteiger partial charge in [0.1, 0.15) is 17.3 Å². The third-order valence-electron chi connectivity index (χ3n) is 3.59. The van der Waals surface area contributed by atoms with Gasteiger partial charge in [-0.3, -0.25) is 9.78 Å². The smallest absolute Gasteiger partial charge is 0.277 e. The van der Waals surface area contributed by atoms with E-state index < -0.39 is 11.7 Å². The van der Waals surface area contributed by atoms with E-state index in [-0.39, 0.29) is 11.5 Å². The van der Waals surface area contributed by atoms with Crippen LogP contribution in [0.2, 0.25) is 0 Å². The van der Waals surface area contributed by atoms with Crippen molar-refractivity contribution in [2.45, 2.75) is 18.8 Å². The lowest BCUT2D eigenvalue weighted by Gasteiger charge is -2.21. The van der Waals surface area contributed by atoms with Crippen molar-refractivity contribution in [1.82, 2.24) is 20.3 Å². The fourth-order valence-corrected chi connectivity index (χ4v) is 2.40. The Balaban J connectivity index is 1.66. The lowest BCUT2D eigenvalue weighted by Crippen LogP contribution is -2.29. The molecule has 0 saturated carbocycles. The van der Waals surface area contributed by atoms with Crippen LogP contribution >= 0.6 is 0 Å². The maximum absolute atomic E-state index is 12.8. The summed E-state index contributed by atoms with van der Waals surface area (Å²) in [4.78, 5) is 24.3. The number of halogens is 1. The monoisotopic (exact) mass is 301 g/mol. The van der Waals surface area contributed by atoms with Crippen molar-refractivity contribution in [3.05, 3.63) is 47.9 Å². The Kier molecular flexibility index (Phi) is 4.34. The van der Waals surface area contributed by atoms with Crippen molar-refractivity contribution < 1.29 is 9.18 Å². The number of nitrogens with one attached hydrogen (secondary N) is 2. The second-order valence-corrected chi connectivity index (χ2v) is 5.19. The number of piperidine rings is 1. The summed E-state index contributed by atoms with van der Waals surface area (Å²) < 4.78 is 12.8. The number of amides is 1. The molecule has 6 nitrogen and oxygen atoms in total. The highest BCUT2D eigenvalue weighted by Crippen LogP contribution is 2.20. The predicted molar refractivity (Wildman–Crippen MR) is 79.0 cm³/mol. The lowest BCUT2D eigenvalue weighted by molar-refractivity contribution is 0.102. The van der Waals surface area contributed by atoms with Gasteiger partial charge in [-0.2, -0.15) is 0 Å². The second kappa shape index (κ2) is 6.57. The third-order valence-corrected chi connectivity index (χ3v) is 3.59. The van der Waals surface area contributed by atoms with Gasteiger partial charge in [0.25, 0.3) is 5.91 Å². The molecular weight excluding hydrogens is 285 g/mol. The summed E-state index contributed by atoms with van der Waals surface area (Å²) >= 11 is 0. The quantitative estimate of drug-likeness (QED) is 0.902. The molecule has 3 heterocycles. The number of hydrogen-bond acceptors (Lipinski definition) is 5. The highest BCUT2D eigenvalue weighted by molar-refractivity contribution is 6.02. The molecule has 1 aliphatic rings. The van der Waals surface area contributed by atoms with Crippen LogP contribution in [0.5, 0.6) is 0 Å². The molecule has 22 heavy (non-hydrogen) atoms. The molecule has 1 fully saturated rings. The van der Waals surface area contributed by atoms with Crippen molar-refractivity contribution >= 4 is 11.7 Å².